The standard InChI is InChI=1S/C8H13BrN2O3/c1-2-14-8(13)11-5-3-10(4-6-11)7(9)12/h2-6H2,1H3. The van der Waals surface area contributed by atoms with Crippen LogP contribution in [0.15, 0.2) is 0 Å². The van der Waals surface area contributed by atoms with Crippen molar-refractivity contribution in [2.45, 2.75) is 6.92 Å². The van der Waals surface area contributed by atoms with Gasteiger partial charge in [0, 0.05) is 42.1 Å². The molecule has 0 unspecified atom stereocenters. The molecule has 14 heavy (non-hydrogen) atoms. The van der Waals surface area contributed by atoms with Crippen LogP contribution in [0.25, 0.3) is 0 Å². The Morgan fingerprint density at radius 3 is 2.14 bits per heavy atom. The van der Waals surface area contributed by atoms with E-state index < -0.39 is 0 Å². The van der Waals surface area contributed by atoms with Gasteiger partial charge < -0.3 is 14.5 Å². The molecule has 1 heterocycles. The summed E-state index contributed by atoms with van der Waals surface area (Å²) in [5.41, 5.74) is 0. The number of hydrogen-bond donors (Lipinski definition) is 0. The molecule has 5 nitrogen and oxygen atoms in total. The van der Waals surface area contributed by atoms with E-state index in [1.165, 1.54) is 0 Å². The molecular weight excluding hydrogens is 252 g/mol. The maximum absolute atomic E-state index is 11.3. The van der Waals surface area contributed by atoms with Crippen LogP contribution in [0.3, 0.4) is 0 Å². The van der Waals surface area contributed by atoms with E-state index in [0.29, 0.717) is 32.8 Å². The third-order valence-electron chi connectivity index (χ3n) is 2.05. The van der Waals surface area contributed by atoms with Crippen molar-refractivity contribution < 1.29 is 14.3 Å². The minimum absolute atomic E-state index is 0.124. The van der Waals surface area contributed by atoms with E-state index in [2.05, 4.69) is 15.9 Å². The fraction of sp³-hybridized carbons (Fsp3) is 0.750. The van der Waals surface area contributed by atoms with Gasteiger partial charge >= 0.3 is 6.09 Å². The van der Waals surface area contributed by atoms with Gasteiger partial charge in [0.15, 0.2) is 0 Å². The Morgan fingerprint density at radius 2 is 1.71 bits per heavy atom. The van der Waals surface area contributed by atoms with Crippen LogP contribution < -0.4 is 0 Å². The van der Waals surface area contributed by atoms with Crippen LogP contribution in [0.1, 0.15) is 6.92 Å². The van der Waals surface area contributed by atoms with E-state index in [0.717, 1.165) is 0 Å². The molecule has 0 bridgehead atoms. The Hall–Kier alpha value is -0.780. The second kappa shape index (κ2) is 5.19. The molecule has 1 aliphatic heterocycles. The number of carbonyl (C=O) groups is 2. The molecule has 2 amide bonds. The van der Waals surface area contributed by atoms with Gasteiger partial charge in [-0.15, -0.1) is 0 Å². The number of carbonyl (C=O) groups excluding carboxylic acids is 2. The van der Waals surface area contributed by atoms with Gasteiger partial charge in [-0.25, -0.2) is 4.79 Å². The average molecular weight is 265 g/mol. The van der Waals surface area contributed by atoms with Gasteiger partial charge in [-0.3, -0.25) is 4.79 Å². The van der Waals surface area contributed by atoms with E-state index in [1.807, 2.05) is 0 Å². The lowest BCUT2D eigenvalue weighted by Crippen LogP contribution is -2.49. The van der Waals surface area contributed by atoms with Crippen molar-refractivity contribution in [3.8, 4) is 0 Å². The predicted octanol–water partition coefficient (Wildman–Crippen LogP) is 1.28. The van der Waals surface area contributed by atoms with Crippen molar-refractivity contribution in [2.75, 3.05) is 32.8 Å². The number of amides is 2. The highest BCUT2D eigenvalue weighted by Crippen LogP contribution is 2.07. The second-order valence-corrected chi connectivity index (χ2v) is 3.60. The summed E-state index contributed by atoms with van der Waals surface area (Å²) in [7, 11) is 0. The lowest BCUT2D eigenvalue weighted by atomic mass is 10.3. The van der Waals surface area contributed by atoms with Gasteiger partial charge in [0.2, 0.25) is 0 Å². The largest absolute Gasteiger partial charge is 0.450 e. The molecule has 0 aromatic rings. The van der Waals surface area contributed by atoms with Gasteiger partial charge in [0.25, 0.3) is 4.82 Å². The molecule has 0 aromatic heterocycles. The Morgan fingerprint density at radius 1 is 1.21 bits per heavy atom. The van der Waals surface area contributed by atoms with Crippen LogP contribution in [0.5, 0.6) is 0 Å². The number of nitrogens with zero attached hydrogens (tertiary/aromatic N) is 2. The zero-order chi connectivity index (χ0) is 10.6. The van der Waals surface area contributed by atoms with Crippen molar-refractivity contribution in [3.63, 3.8) is 0 Å². The van der Waals surface area contributed by atoms with E-state index in [-0.39, 0.29) is 10.9 Å². The summed E-state index contributed by atoms with van der Waals surface area (Å²) in [6.45, 7) is 4.35. The lowest BCUT2D eigenvalue weighted by molar-refractivity contribution is 0.0883. The maximum Gasteiger partial charge on any atom is 0.409 e. The van der Waals surface area contributed by atoms with Crippen molar-refractivity contribution in [3.05, 3.63) is 0 Å². The minimum atomic E-state index is -0.297. The van der Waals surface area contributed by atoms with Crippen LogP contribution in [0.4, 0.5) is 9.59 Å². The summed E-state index contributed by atoms with van der Waals surface area (Å²) in [4.78, 5) is 25.3. The molecule has 80 valence electrons. The van der Waals surface area contributed by atoms with Crippen molar-refractivity contribution in [1.82, 2.24) is 9.80 Å². The van der Waals surface area contributed by atoms with Crippen molar-refractivity contribution in [2.24, 2.45) is 0 Å². The van der Waals surface area contributed by atoms with Gasteiger partial charge in [0.05, 0.1) is 6.61 Å². The van der Waals surface area contributed by atoms with Gasteiger partial charge in [-0.1, -0.05) is 0 Å². The average Bonchev–Trinajstić information content (AvgIpc) is 2.18. The van der Waals surface area contributed by atoms with Crippen LogP contribution in [0, 0.1) is 0 Å². The third kappa shape index (κ3) is 2.87. The van der Waals surface area contributed by atoms with Gasteiger partial charge in [-0.05, 0) is 6.92 Å². The first-order chi connectivity index (χ1) is 6.65. The first kappa shape index (κ1) is 11.3. The summed E-state index contributed by atoms with van der Waals surface area (Å²) in [6, 6.07) is 0. The summed E-state index contributed by atoms with van der Waals surface area (Å²) >= 11 is 2.88. The molecule has 1 rings (SSSR count). The van der Waals surface area contributed by atoms with E-state index >= 15 is 0 Å². The molecular formula is C8H13BrN2O3. The molecule has 6 heteroatoms. The quantitative estimate of drug-likeness (QED) is 0.530. The molecule has 1 saturated heterocycles. The van der Waals surface area contributed by atoms with E-state index in [1.54, 1.807) is 16.7 Å². The SMILES string of the molecule is CCOC(=O)N1CCN(C(=O)Br)CC1. The van der Waals surface area contributed by atoms with E-state index in [9.17, 15) is 9.59 Å². The zero-order valence-electron chi connectivity index (χ0n) is 8.03. The molecule has 0 aromatic carbocycles. The number of piperazine rings is 1. The van der Waals surface area contributed by atoms with Gasteiger partial charge in [-0.2, -0.15) is 0 Å². The third-order valence-corrected chi connectivity index (χ3v) is 2.56. The zero-order valence-corrected chi connectivity index (χ0v) is 9.62. The normalized spacial score (nSPS) is 16.7. The summed E-state index contributed by atoms with van der Waals surface area (Å²) in [5.74, 6) is 0. The first-order valence-electron chi connectivity index (χ1n) is 4.51. The monoisotopic (exact) mass is 264 g/mol. The number of hydrogen-bond acceptors (Lipinski definition) is 3. The summed E-state index contributed by atoms with van der Waals surface area (Å²) in [6.07, 6.45) is -0.297. The Balaban J connectivity index is 2.35. The molecule has 0 radical (unpaired) electrons. The predicted molar refractivity (Wildman–Crippen MR) is 54.5 cm³/mol. The highest BCUT2D eigenvalue weighted by atomic mass is 79.9. The van der Waals surface area contributed by atoms with Crippen molar-refractivity contribution in [1.29, 1.82) is 0 Å². The summed E-state index contributed by atoms with van der Waals surface area (Å²) < 4.78 is 4.85. The first-order valence-corrected chi connectivity index (χ1v) is 5.30. The number of ether oxygens (including phenoxy) is 1. The van der Waals surface area contributed by atoms with Crippen LogP contribution in [0.2, 0.25) is 0 Å². The fourth-order valence-electron chi connectivity index (χ4n) is 1.28. The molecule has 0 atom stereocenters. The molecule has 0 aliphatic carbocycles. The Kier molecular flexibility index (Phi) is 4.19. The Labute approximate surface area is 91.1 Å². The van der Waals surface area contributed by atoms with Crippen LogP contribution >= 0.6 is 15.9 Å². The van der Waals surface area contributed by atoms with Gasteiger partial charge in [0.1, 0.15) is 0 Å². The summed E-state index contributed by atoms with van der Waals surface area (Å²) in [5, 5.41) is 0. The molecule has 0 spiro atoms. The van der Waals surface area contributed by atoms with Crippen LogP contribution in [-0.2, 0) is 4.74 Å². The minimum Gasteiger partial charge on any atom is -0.450 e. The topological polar surface area (TPSA) is 49.9 Å². The number of rotatable bonds is 1. The fourth-order valence-corrected chi connectivity index (χ4v) is 1.63. The highest BCUT2D eigenvalue weighted by molar-refractivity contribution is 9.18. The Bertz CT molecular complexity index is 227. The molecule has 0 saturated carbocycles. The van der Waals surface area contributed by atoms with E-state index in [4.69, 9.17) is 4.74 Å². The lowest BCUT2D eigenvalue weighted by Gasteiger charge is -2.32. The molecule has 1 fully saturated rings. The smallest absolute Gasteiger partial charge is 0.409 e. The maximum atomic E-state index is 11.3. The van der Waals surface area contributed by atoms with Crippen LogP contribution in [-0.4, -0.2) is 53.5 Å². The molecule has 1 aliphatic rings. The molecule has 0 N–H and O–H groups in total. The second-order valence-electron chi connectivity index (χ2n) is 2.93. The highest BCUT2D eigenvalue weighted by Gasteiger charge is 2.23. The number of halogens is 1. The van der Waals surface area contributed by atoms with Crippen molar-refractivity contribution >= 4 is 26.8 Å².